The fourth-order valence-electron chi connectivity index (χ4n) is 2.74. The molecule has 1 unspecified atom stereocenters. The molecular weight excluding hydrogens is 252 g/mol. The number of rotatable bonds is 3. The van der Waals surface area contributed by atoms with E-state index >= 15 is 0 Å². The fraction of sp³-hybridized carbons (Fsp3) is 0.500. The lowest BCUT2D eigenvalue weighted by molar-refractivity contribution is 0.0929. The molecule has 0 bridgehead atoms. The smallest absolute Gasteiger partial charge is 0.252 e. The van der Waals surface area contributed by atoms with E-state index in [1.807, 2.05) is 0 Å². The molecule has 106 valence electrons. The van der Waals surface area contributed by atoms with E-state index in [9.17, 15) is 15.2 Å². The Bertz CT molecular complexity index is 528. The van der Waals surface area contributed by atoms with Gasteiger partial charge in [0.05, 0.1) is 6.07 Å². The van der Waals surface area contributed by atoms with E-state index in [-0.39, 0.29) is 17.6 Å². The third-order valence-electron chi connectivity index (χ3n) is 4.01. The highest BCUT2D eigenvalue weighted by molar-refractivity contribution is 5.95. The zero-order valence-electron chi connectivity index (χ0n) is 11.7. The summed E-state index contributed by atoms with van der Waals surface area (Å²) in [5.41, 5.74) is 1.14. The third-order valence-corrected chi connectivity index (χ3v) is 4.01. The first kappa shape index (κ1) is 14.4. The van der Waals surface area contributed by atoms with Gasteiger partial charge in [0.15, 0.2) is 0 Å². The van der Waals surface area contributed by atoms with Crippen molar-refractivity contribution in [3.05, 3.63) is 29.3 Å². The molecule has 1 fully saturated rings. The number of carbonyl (C=O) groups is 1. The van der Waals surface area contributed by atoms with E-state index < -0.39 is 6.04 Å². The van der Waals surface area contributed by atoms with Gasteiger partial charge in [-0.15, -0.1) is 0 Å². The summed E-state index contributed by atoms with van der Waals surface area (Å²) in [7, 11) is 0. The predicted octanol–water partition coefficient (Wildman–Crippen LogP) is 2.90. The minimum absolute atomic E-state index is 0.172. The lowest BCUT2D eigenvalue weighted by Gasteiger charge is -2.26. The number of amides is 1. The molecule has 1 aliphatic carbocycles. The van der Waals surface area contributed by atoms with Gasteiger partial charge >= 0.3 is 0 Å². The molecule has 4 nitrogen and oxygen atoms in total. The summed E-state index contributed by atoms with van der Waals surface area (Å²) in [5, 5.41) is 21.6. The van der Waals surface area contributed by atoms with E-state index in [0.717, 1.165) is 25.7 Å². The molecule has 2 rings (SSSR count). The second-order valence-electron chi connectivity index (χ2n) is 5.48. The van der Waals surface area contributed by atoms with Crippen LogP contribution < -0.4 is 5.32 Å². The van der Waals surface area contributed by atoms with Gasteiger partial charge < -0.3 is 10.4 Å². The van der Waals surface area contributed by atoms with Crippen LogP contribution in [0.25, 0.3) is 0 Å². The summed E-state index contributed by atoms with van der Waals surface area (Å²) in [6, 6.07) is 6.52. The minimum atomic E-state index is -0.420. The summed E-state index contributed by atoms with van der Waals surface area (Å²) in [6.45, 7) is 1.75. The molecular formula is C16H20N2O2. The number of nitrogens with zero attached hydrogens (tertiary/aromatic N) is 1. The van der Waals surface area contributed by atoms with Gasteiger partial charge in [-0.3, -0.25) is 4.79 Å². The van der Waals surface area contributed by atoms with Crippen molar-refractivity contribution in [2.24, 2.45) is 5.92 Å². The molecule has 0 heterocycles. The Morgan fingerprint density at radius 1 is 1.40 bits per heavy atom. The summed E-state index contributed by atoms with van der Waals surface area (Å²) in [6.07, 6.45) is 5.51. The summed E-state index contributed by atoms with van der Waals surface area (Å²) in [5.74, 6) is 0.187. The van der Waals surface area contributed by atoms with Crippen molar-refractivity contribution < 1.29 is 9.90 Å². The number of phenolic OH excluding ortho intramolecular Hbond substituents is 1. The van der Waals surface area contributed by atoms with Gasteiger partial charge in [-0.05, 0) is 49.4 Å². The number of nitriles is 1. The third kappa shape index (κ3) is 3.30. The van der Waals surface area contributed by atoms with Crippen LogP contribution in [0.4, 0.5) is 0 Å². The van der Waals surface area contributed by atoms with E-state index in [4.69, 9.17) is 0 Å². The number of nitrogens with one attached hydrogen (secondary N) is 1. The second-order valence-corrected chi connectivity index (χ2v) is 5.48. The highest BCUT2D eigenvalue weighted by Gasteiger charge is 2.25. The minimum Gasteiger partial charge on any atom is -0.508 e. The quantitative estimate of drug-likeness (QED) is 0.888. The molecule has 20 heavy (non-hydrogen) atoms. The van der Waals surface area contributed by atoms with Crippen LogP contribution in [0.15, 0.2) is 18.2 Å². The van der Waals surface area contributed by atoms with Gasteiger partial charge in [-0.2, -0.15) is 5.26 Å². The SMILES string of the molecule is Cc1cc(C(=O)NC(C#N)C2CCCCC2)ccc1O. The van der Waals surface area contributed by atoms with Crippen LogP contribution >= 0.6 is 0 Å². The molecule has 0 aromatic heterocycles. The van der Waals surface area contributed by atoms with Crippen LogP contribution in [-0.4, -0.2) is 17.1 Å². The lowest BCUT2D eigenvalue weighted by atomic mass is 9.84. The molecule has 0 radical (unpaired) electrons. The molecule has 1 aliphatic rings. The Kier molecular flexibility index (Phi) is 4.62. The number of phenols is 1. The summed E-state index contributed by atoms with van der Waals surface area (Å²) < 4.78 is 0. The monoisotopic (exact) mass is 272 g/mol. The number of hydrogen-bond donors (Lipinski definition) is 2. The van der Waals surface area contributed by atoms with Gasteiger partial charge in [-0.25, -0.2) is 0 Å². The average molecular weight is 272 g/mol. The largest absolute Gasteiger partial charge is 0.508 e. The number of carbonyl (C=O) groups excluding carboxylic acids is 1. The number of aryl methyl sites for hydroxylation is 1. The standard InChI is InChI=1S/C16H20N2O2/c1-11-9-13(7-8-15(11)19)16(20)18-14(10-17)12-5-3-2-4-6-12/h7-9,12,14,19H,2-6H2,1H3,(H,18,20). The average Bonchev–Trinajstić information content (AvgIpc) is 2.48. The van der Waals surface area contributed by atoms with Crippen LogP contribution in [0.1, 0.15) is 48.0 Å². The molecule has 1 aromatic rings. The summed E-state index contributed by atoms with van der Waals surface area (Å²) in [4.78, 5) is 12.2. The maximum absolute atomic E-state index is 12.2. The first-order valence-corrected chi connectivity index (χ1v) is 7.12. The highest BCUT2D eigenvalue weighted by Crippen LogP contribution is 2.26. The molecule has 2 N–H and O–H groups in total. The molecule has 1 saturated carbocycles. The van der Waals surface area contributed by atoms with E-state index in [1.54, 1.807) is 19.1 Å². The molecule has 0 aliphatic heterocycles. The Hall–Kier alpha value is -2.02. The molecule has 1 atom stereocenters. The number of benzene rings is 1. The fourth-order valence-corrected chi connectivity index (χ4v) is 2.74. The first-order chi connectivity index (χ1) is 9.61. The maximum atomic E-state index is 12.2. The van der Waals surface area contributed by atoms with Crippen LogP contribution in [-0.2, 0) is 0 Å². The van der Waals surface area contributed by atoms with Crippen molar-refractivity contribution in [1.29, 1.82) is 5.26 Å². The van der Waals surface area contributed by atoms with Crippen molar-refractivity contribution in [3.63, 3.8) is 0 Å². The predicted molar refractivity (Wildman–Crippen MR) is 76.3 cm³/mol. The van der Waals surface area contributed by atoms with Gasteiger partial charge in [0.2, 0.25) is 0 Å². The first-order valence-electron chi connectivity index (χ1n) is 7.12. The van der Waals surface area contributed by atoms with Crippen LogP contribution in [0, 0.1) is 24.2 Å². The maximum Gasteiger partial charge on any atom is 0.252 e. The Balaban J connectivity index is 2.05. The van der Waals surface area contributed by atoms with Gasteiger partial charge in [0.1, 0.15) is 11.8 Å². The molecule has 4 heteroatoms. The number of hydrogen-bond acceptors (Lipinski definition) is 3. The normalized spacial score (nSPS) is 17.2. The Labute approximate surface area is 119 Å². The zero-order chi connectivity index (χ0) is 14.5. The molecule has 1 aromatic carbocycles. The second kappa shape index (κ2) is 6.42. The van der Waals surface area contributed by atoms with E-state index in [1.165, 1.54) is 12.5 Å². The topological polar surface area (TPSA) is 73.1 Å². The van der Waals surface area contributed by atoms with Crippen molar-refractivity contribution in [2.75, 3.05) is 0 Å². The van der Waals surface area contributed by atoms with Gasteiger partial charge in [-0.1, -0.05) is 19.3 Å². The molecule has 0 saturated heterocycles. The van der Waals surface area contributed by atoms with Crippen molar-refractivity contribution in [1.82, 2.24) is 5.32 Å². The van der Waals surface area contributed by atoms with Crippen LogP contribution in [0.2, 0.25) is 0 Å². The zero-order valence-corrected chi connectivity index (χ0v) is 11.7. The molecule has 0 spiro atoms. The van der Waals surface area contributed by atoms with E-state index in [0.29, 0.717) is 11.1 Å². The van der Waals surface area contributed by atoms with Crippen LogP contribution in [0.3, 0.4) is 0 Å². The van der Waals surface area contributed by atoms with Crippen molar-refractivity contribution in [2.45, 2.75) is 45.1 Å². The Morgan fingerprint density at radius 2 is 2.10 bits per heavy atom. The van der Waals surface area contributed by atoms with Gasteiger partial charge in [0.25, 0.3) is 5.91 Å². The van der Waals surface area contributed by atoms with Crippen LogP contribution in [0.5, 0.6) is 5.75 Å². The summed E-state index contributed by atoms with van der Waals surface area (Å²) >= 11 is 0. The number of aromatic hydroxyl groups is 1. The van der Waals surface area contributed by atoms with Crippen molar-refractivity contribution in [3.8, 4) is 11.8 Å². The van der Waals surface area contributed by atoms with E-state index in [2.05, 4.69) is 11.4 Å². The lowest BCUT2D eigenvalue weighted by Crippen LogP contribution is -2.40. The van der Waals surface area contributed by atoms with Crippen molar-refractivity contribution >= 4 is 5.91 Å². The van der Waals surface area contributed by atoms with Gasteiger partial charge in [0, 0.05) is 5.56 Å². The Morgan fingerprint density at radius 3 is 2.70 bits per heavy atom. The molecule has 1 amide bonds. The highest BCUT2D eigenvalue weighted by atomic mass is 16.3.